The van der Waals surface area contributed by atoms with Crippen molar-refractivity contribution in [3.05, 3.63) is 0 Å². The highest BCUT2D eigenvalue weighted by molar-refractivity contribution is 8.30. The molecule has 1 heterocycles. The van der Waals surface area contributed by atoms with E-state index in [0.717, 1.165) is 6.54 Å². The molecule has 0 saturated carbocycles. The molecule has 2 N–H and O–H groups in total. The Hall–Kier alpha value is 0.270. The molecule has 3 heteroatoms. The molecule has 1 rings (SSSR count). The second-order valence-electron chi connectivity index (χ2n) is 4.06. The van der Waals surface area contributed by atoms with E-state index in [-0.39, 0.29) is 0 Å². The van der Waals surface area contributed by atoms with E-state index < -0.39 is 10.2 Å². The summed E-state index contributed by atoms with van der Waals surface area (Å²) in [4.78, 5) is 0. The van der Waals surface area contributed by atoms with E-state index in [0.29, 0.717) is 6.04 Å². The fourth-order valence-corrected chi connectivity index (χ4v) is 3.19. The Kier molecular flexibility index (Phi) is 3.44. The maximum absolute atomic E-state index is 5.95. The van der Waals surface area contributed by atoms with Crippen LogP contribution in [0.15, 0.2) is 0 Å². The van der Waals surface area contributed by atoms with Crippen molar-refractivity contribution in [1.29, 1.82) is 0 Å². The van der Waals surface area contributed by atoms with Crippen LogP contribution in [0.25, 0.3) is 0 Å². The maximum atomic E-state index is 5.95. The van der Waals surface area contributed by atoms with Crippen LogP contribution in [0.1, 0.15) is 19.8 Å². The summed E-state index contributed by atoms with van der Waals surface area (Å²) in [6.45, 7) is 4.68. The molecule has 0 aromatic heterocycles. The Balaban J connectivity index is 2.50. The highest BCUT2D eigenvalue weighted by Gasteiger charge is 2.24. The molecule has 2 nitrogen and oxygen atoms in total. The van der Waals surface area contributed by atoms with E-state index >= 15 is 0 Å². The summed E-state index contributed by atoms with van der Waals surface area (Å²) in [5.41, 5.74) is 5.95. The van der Waals surface area contributed by atoms with Gasteiger partial charge in [0.1, 0.15) is 0 Å². The van der Waals surface area contributed by atoms with Crippen LogP contribution in [0.3, 0.4) is 0 Å². The van der Waals surface area contributed by atoms with Gasteiger partial charge in [-0.25, -0.2) is 0 Å². The van der Waals surface area contributed by atoms with Crippen molar-refractivity contribution < 1.29 is 0 Å². The first-order chi connectivity index (χ1) is 5.56. The summed E-state index contributed by atoms with van der Waals surface area (Å²) < 4.78 is 2.61. The molecule has 0 amide bonds. The average molecular weight is 190 g/mol. The number of nitrogens with two attached hydrogens (primary N) is 1. The van der Waals surface area contributed by atoms with E-state index in [9.17, 15) is 0 Å². The molecule has 0 aromatic rings. The molecule has 1 atom stereocenters. The van der Waals surface area contributed by atoms with Crippen LogP contribution in [0.5, 0.6) is 0 Å². The topological polar surface area (TPSA) is 29.3 Å². The third kappa shape index (κ3) is 2.38. The molecule has 1 aliphatic rings. The van der Waals surface area contributed by atoms with E-state index in [1.807, 2.05) is 0 Å². The maximum Gasteiger partial charge on any atom is 0.0226 e. The minimum atomic E-state index is -0.501. The van der Waals surface area contributed by atoms with Gasteiger partial charge in [0.2, 0.25) is 0 Å². The third-order valence-corrected chi connectivity index (χ3v) is 5.97. The summed E-state index contributed by atoms with van der Waals surface area (Å²) in [5.74, 6) is 1.29. The zero-order valence-electron chi connectivity index (χ0n) is 8.55. The number of rotatable bonds is 2. The van der Waals surface area contributed by atoms with E-state index in [2.05, 4.69) is 23.7 Å². The Bertz CT molecular complexity index is 147. The average Bonchev–Trinajstić information content (AvgIpc) is 2.05. The third-order valence-electron chi connectivity index (χ3n) is 2.83. The van der Waals surface area contributed by atoms with E-state index in [1.54, 1.807) is 0 Å². The molecule has 74 valence electrons. The van der Waals surface area contributed by atoms with Gasteiger partial charge in [0.25, 0.3) is 0 Å². The highest BCUT2D eigenvalue weighted by Crippen LogP contribution is 2.44. The Morgan fingerprint density at radius 2 is 2.17 bits per heavy atom. The monoisotopic (exact) mass is 190 g/mol. The smallest absolute Gasteiger partial charge is 0.0226 e. The SMILES string of the molecule is CCS(C)(C)N1CCCC(N)C1. The Morgan fingerprint density at radius 3 is 2.67 bits per heavy atom. The predicted octanol–water partition coefficient (Wildman–Crippen LogP) is 1.41. The van der Waals surface area contributed by atoms with Gasteiger partial charge < -0.3 is 5.73 Å². The number of hydrogen-bond acceptors (Lipinski definition) is 2. The molecule has 12 heavy (non-hydrogen) atoms. The van der Waals surface area contributed by atoms with Crippen molar-refractivity contribution in [2.24, 2.45) is 5.73 Å². The predicted molar refractivity (Wildman–Crippen MR) is 58.8 cm³/mol. The summed E-state index contributed by atoms with van der Waals surface area (Å²) in [6.07, 6.45) is 7.30. The molecule has 0 aromatic carbocycles. The van der Waals surface area contributed by atoms with Crippen LogP contribution >= 0.6 is 10.2 Å². The van der Waals surface area contributed by atoms with Crippen LogP contribution < -0.4 is 5.73 Å². The van der Waals surface area contributed by atoms with E-state index in [4.69, 9.17) is 5.73 Å². The number of nitrogens with zero attached hydrogens (tertiary/aromatic N) is 1. The first kappa shape index (κ1) is 10.4. The summed E-state index contributed by atoms with van der Waals surface area (Å²) >= 11 is 0. The standard InChI is InChI=1S/C9H22N2S/c1-4-12(2,3)11-7-5-6-9(10)8-11/h9H,4-8,10H2,1-3H3. The van der Waals surface area contributed by atoms with Gasteiger partial charge in [-0.05, 0) is 31.1 Å². The van der Waals surface area contributed by atoms with Gasteiger partial charge in [0, 0.05) is 19.1 Å². The minimum absolute atomic E-state index is 0.428. The van der Waals surface area contributed by atoms with Crippen LogP contribution in [-0.2, 0) is 0 Å². The molecule has 1 aliphatic heterocycles. The van der Waals surface area contributed by atoms with Gasteiger partial charge in [0.15, 0.2) is 0 Å². The number of piperidine rings is 1. The van der Waals surface area contributed by atoms with Crippen molar-refractivity contribution in [1.82, 2.24) is 4.31 Å². The van der Waals surface area contributed by atoms with Crippen molar-refractivity contribution in [3.8, 4) is 0 Å². The van der Waals surface area contributed by atoms with Crippen LogP contribution in [0.2, 0.25) is 0 Å². The van der Waals surface area contributed by atoms with Crippen LogP contribution in [0, 0.1) is 0 Å². The van der Waals surface area contributed by atoms with Gasteiger partial charge in [-0.3, -0.25) is 4.31 Å². The fraction of sp³-hybridized carbons (Fsp3) is 1.00. The van der Waals surface area contributed by atoms with Crippen molar-refractivity contribution >= 4 is 10.2 Å². The van der Waals surface area contributed by atoms with Gasteiger partial charge in [0.05, 0.1) is 0 Å². The summed E-state index contributed by atoms with van der Waals surface area (Å²) in [7, 11) is -0.501. The lowest BCUT2D eigenvalue weighted by atomic mass is 10.1. The van der Waals surface area contributed by atoms with Crippen molar-refractivity contribution in [3.63, 3.8) is 0 Å². The van der Waals surface area contributed by atoms with Gasteiger partial charge in [-0.15, -0.1) is 0 Å². The Morgan fingerprint density at radius 1 is 1.50 bits per heavy atom. The van der Waals surface area contributed by atoms with Crippen molar-refractivity contribution in [2.75, 3.05) is 31.4 Å². The quantitative estimate of drug-likeness (QED) is 0.713. The first-order valence-electron chi connectivity index (χ1n) is 4.78. The normalized spacial score (nSPS) is 28.8. The highest BCUT2D eigenvalue weighted by atomic mass is 32.3. The second-order valence-corrected chi connectivity index (χ2v) is 8.11. The first-order valence-corrected chi connectivity index (χ1v) is 7.35. The zero-order chi connectivity index (χ0) is 9.19. The molecular formula is C9H22N2S. The molecule has 1 unspecified atom stereocenters. The van der Waals surface area contributed by atoms with Crippen molar-refractivity contribution in [2.45, 2.75) is 25.8 Å². The summed E-state index contributed by atoms with van der Waals surface area (Å²) in [6, 6.07) is 0.428. The molecule has 0 bridgehead atoms. The molecule has 0 spiro atoms. The lowest BCUT2D eigenvalue weighted by Crippen LogP contribution is -2.43. The second kappa shape index (κ2) is 3.99. The van der Waals surface area contributed by atoms with Gasteiger partial charge >= 0.3 is 0 Å². The van der Waals surface area contributed by atoms with Gasteiger partial charge in [-0.1, -0.05) is 6.92 Å². The molecule has 1 saturated heterocycles. The molecular weight excluding hydrogens is 168 g/mol. The molecule has 0 radical (unpaired) electrons. The zero-order valence-corrected chi connectivity index (χ0v) is 9.36. The Labute approximate surface area is 77.9 Å². The fourth-order valence-electron chi connectivity index (χ4n) is 1.61. The largest absolute Gasteiger partial charge is 0.327 e. The van der Waals surface area contributed by atoms with Crippen LogP contribution in [-0.4, -0.2) is 41.7 Å². The van der Waals surface area contributed by atoms with Gasteiger partial charge in [-0.2, -0.15) is 10.2 Å². The minimum Gasteiger partial charge on any atom is -0.327 e. The molecule has 1 fully saturated rings. The summed E-state index contributed by atoms with van der Waals surface area (Å²) in [5, 5.41) is 0. The molecule has 0 aliphatic carbocycles. The lowest BCUT2D eigenvalue weighted by Gasteiger charge is -2.46. The van der Waals surface area contributed by atoms with E-state index in [1.165, 1.54) is 25.1 Å². The number of hydrogen-bond donors (Lipinski definition) is 1. The lowest BCUT2D eigenvalue weighted by molar-refractivity contribution is 0.336. The van der Waals surface area contributed by atoms with Crippen LogP contribution in [0.4, 0.5) is 0 Å².